The van der Waals surface area contributed by atoms with Gasteiger partial charge >= 0.3 is 5.97 Å². The Morgan fingerprint density at radius 3 is 2.41 bits per heavy atom. The SMILES string of the molecule is CCOc1ccc(Cc2nc(C(C)(C)C)oc2C(=O)O)cc1. The monoisotopic (exact) mass is 303 g/mol. The number of rotatable bonds is 5. The van der Waals surface area contributed by atoms with Gasteiger partial charge in [0.2, 0.25) is 11.7 Å². The Kier molecular flexibility index (Phi) is 4.54. The van der Waals surface area contributed by atoms with Crippen molar-refractivity contribution in [2.45, 2.75) is 39.5 Å². The molecule has 0 aliphatic heterocycles. The molecule has 5 nitrogen and oxygen atoms in total. The fourth-order valence-electron chi connectivity index (χ4n) is 2.02. The van der Waals surface area contributed by atoms with E-state index in [1.807, 2.05) is 52.0 Å². The van der Waals surface area contributed by atoms with Gasteiger partial charge in [0.25, 0.3) is 0 Å². The molecule has 0 amide bonds. The summed E-state index contributed by atoms with van der Waals surface area (Å²) in [7, 11) is 0. The molecule has 0 atom stereocenters. The Morgan fingerprint density at radius 1 is 1.27 bits per heavy atom. The minimum absolute atomic E-state index is 0.0844. The van der Waals surface area contributed by atoms with Gasteiger partial charge < -0.3 is 14.3 Å². The molecule has 0 bridgehead atoms. The van der Waals surface area contributed by atoms with E-state index in [0.717, 1.165) is 11.3 Å². The number of carbonyl (C=O) groups is 1. The Hall–Kier alpha value is -2.30. The standard InChI is InChI=1S/C17H21NO4/c1-5-21-12-8-6-11(7-9-12)10-13-14(15(19)20)22-16(18-13)17(2,3)4/h6-9H,5,10H2,1-4H3,(H,19,20). The normalized spacial score (nSPS) is 11.5. The Balaban J connectivity index is 2.28. The highest BCUT2D eigenvalue weighted by molar-refractivity contribution is 5.85. The van der Waals surface area contributed by atoms with Crippen molar-refractivity contribution in [3.8, 4) is 5.75 Å². The molecule has 0 fully saturated rings. The lowest BCUT2D eigenvalue weighted by atomic mass is 9.97. The van der Waals surface area contributed by atoms with Gasteiger partial charge in [0, 0.05) is 11.8 Å². The summed E-state index contributed by atoms with van der Waals surface area (Å²) in [5.41, 5.74) is 1.07. The molecule has 0 unspecified atom stereocenters. The summed E-state index contributed by atoms with van der Waals surface area (Å²) in [6.45, 7) is 8.35. The van der Waals surface area contributed by atoms with Gasteiger partial charge in [0.1, 0.15) is 5.75 Å². The molecular formula is C17H21NO4. The maximum absolute atomic E-state index is 11.3. The predicted molar refractivity (Wildman–Crippen MR) is 82.6 cm³/mol. The summed E-state index contributed by atoms with van der Waals surface area (Å²) in [6.07, 6.45) is 0.410. The minimum Gasteiger partial charge on any atom is -0.494 e. The van der Waals surface area contributed by atoms with Crippen LogP contribution in [0, 0.1) is 0 Å². The Labute approximate surface area is 129 Å². The number of hydrogen-bond donors (Lipinski definition) is 1. The van der Waals surface area contributed by atoms with E-state index >= 15 is 0 Å². The number of hydrogen-bond acceptors (Lipinski definition) is 4. The summed E-state index contributed by atoms with van der Waals surface area (Å²) in [5.74, 6) is 0.0498. The molecule has 22 heavy (non-hydrogen) atoms. The topological polar surface area (TPSA) is 72.6 Å². The van der Waals surface area contributed by atoms with Crippen LogP contribution in [0.15, 0.2) is 28.7 Å². The molecule has 5 heteroatoms. The van der Waals surface area contributed by atoms with Crippen LogP contribution in [0.25, 0.3) is 0 Å². The second-order valence-corrected chi connectivity index (χ2v) is 6.10. The minimum atomic E-state index is -1.09. The number of ether oxygens (including phenoxy) is 1. The van der Waals surface area contributed by atoms with Crippen LogP contribution in [0.2, 0.25) is 0 Å². The van der Waals surface area contributed by atoms with Crippen molar-refractivity contribution in [1.29, 1.82) is 0 Å². The Bertz CT molecular complexity index is 650. The van der Waals surface area contributed by atoms with E-state index in [4.69, 9.17) is 9.15 Å². The molecule has 0 radical (unpaired) electrons. The second kappa shape index (κ2) is 6.22. The lowest BCUT2D eigenvalue weighted by Gasteiger charge is -2.11. The first-order valence-electron chi connectivity index (χ1n) is 7.26. The van der Waals surface area contributed by atoms with Gasteiger partial charge in [0.15, 0.2) is 0 Å². The van der Waals surface area contributed by atoms with Crippen LogP contribution in [-0.4, -0.2) is 22.7 Å². The fraction of sp³-hybridized carbons (Fsp3) is 0.412. The van der Waals surface area contributed by atoms with E-state index in [1.165, 1.54) is 0 Å². The van der Waals surface area contributed by atoms with Crippen LogP contribution >= 0.6 is 0 Å². The third-order valence-corrected chi connectivity index (χ3v) is 3.14. The van der Waals surface area contributed by atoms with Gasteiger partial charge in [-0.3, -0.25) is 0 Å². The molecule has 0 saturated heterocycles. The fourth-order valence-corrected chi connectivity index (χ4v) is 2.02. The largest absolute Gasteiger partial charge is 0.494 e. The van der Waals surface area contributed by atoms with E-state index in [-0.39, 0.29) is 11.2 Å². The molecule has 2 aromatic rings. The molecule has 0 aliphatic carbocycles. The third-order valence-electron chi connectivity index (χ3n) is 3.14. The highest BCUT2D eigenvalue weighted by Gasteiger charge is 2.26. The number of oxazole rings is 1. The first-order chi connectivity index (χ1) is 10.3. The van der Waals surface area contributed by atoms with Crippen molar-refractivity contribution < 1.29 is 19.1 Å². The molecule has 1 aromatic carbocycles. The van der Waals surface area contributed by atoms with E-state index < -0.39 is 5.97 Å². The van der Waals surface area contributed by atoms with Crippen molar-refractivity contribution in [3.63, 3.8) is 0 Å². The highest BCUT2D eigenvalue weighted by atomic mass is 16.5. The molecule has 2 rings (SSSR count). The molecular weight excluding hydrogens is 282 g/mol. The van der Waals surface area contributed by atoms with Gasteiger partial charge in [-0.05, 0) is 24.6 Å². The average molecular weight is 303 g/mol. The zero-order valence-electron chi connectivity index (χ0n) is 13.3. The van der Waals surface area contributed by atoms with E-state index in [1.54, 1.807) is 0 Å². The number of aromatic nitrogens is 1. The Morgan fingerprint density at radius 2 is 1.91 bits per heavy atom. The summed E-state index contributed by atoms with van der Waals surface area (Å²) < 4.78 is 10.8. The summed E-state index contributed by atoms with van der Waals surface area (Å²) >= 11 is 0. The lowest BCUT2D eigenvalue weighted by Crippen LogP contribution is -2.11. The number of benzene rings is 1. The molecule has 0 aliphatic rings. The quantitative estimate of drug-likeness (QED) is 0.912. The summed E-state index contributed by atoms with van der Waals surface area (Å²) in [6, 6.07) is 7.54. The van der Waals surface area contributed by atoms with E-state index in [2.05, 4.69) is 4.98 Å². The molecule has 1 heterocycles. The van der Waals surface area contributed by atoms with Crippen LogP contribution in [0.4, 0.5) is 0 Å². The van der Waals surface area contributed by atoms with Crippen molar-refractivity contribution in [3.05, 3.63) is 47.2 Å². The van der Waals surface area contributed by atoms with E-state index in [0.29, 0.717) is 24.6 Å². The molecule has 0 spiro atoms. The third kappa shape index (κ3) is 3.67. The number of carboxylic acid groups (broad SMARTS) is 1. The van der Waals surface area contributed by atoms with Crippen molar-refractivity contribution in [2.24, 2.45) is 0 Å². The maximum Gasteiger partial charge on any atom is 0.373 e. The van der Waals surface area contributed by atoms with Crippen molar-refractivity contribution in [1.82, 2.24) is 4.98 Å². The summed E-state index contributed by atoms with van der Waals surface area (Å²) in [5, 5.41) is 9.28. The van der Waals surface area contributed by atoms with Gasteiger partial charge in [-0.1, -0.05) is 32.9 Å². The van der Waals surface area contributed by atoms with Crippen LogP contribution in [-0.2, 0) is 11.8 Å². The number of carboxylic acids is 1. The maximum atomic E-state index is 11.3. The number of aromatic carboxylic acids is 1. The first-order valence-corrected chi connectivity index (χ1v) is 7.26. The van der Waals surface area contributed by atoms with Gasteiger partial charge in [-0.2, -0.15) is 0 Å². The van der Waals surface area contributed by atoms with Gasteiger partial charge in [-0.25, -0.2) is 9.78 Å². The van der Waals surface area contributed by atoms with Crippen LogP contribution in [0.5, 0.6) is 5.75 Å². The zero-order valence-corrected chi connectivity index (χ0v) is 13.3. The molecule has 1 N–H and O–H groups in total. The smallest absolute Gasteiger partial charge is 0.373 e. The lowest BCUT2D eigenvalue weighted by molar-refractivity contribution is 0.0657. The van der Waals surface area contributed by atoms with Crippen molar-refractivity contribution in [2.75, 3.05) is 6.61 Å². The number of nitrogens with zero attached hydrogens (tertiary/aromatic N) is 1. The molecule has 0 saturated carbocycles. The van der Waals surface area contributed by atoms with Crippen LogP contribution < -0.4 is 4.74 Å². The molecule has 118 valence electrons. The molecule has 1 aromatic heterocycles. The van der Waals surface area contributed by atoms with Gasteiger partial charge in [0.05, 0.1) is 12.3 Å². The first kappa shape index (κ1) is 16.1. The van der Waals surface area contributed by atoms with Crippen LogP contribution in [0.3, 0.4) is 0 Å². The average Bonchev–Trinajstić information content (AvgIpc) is 2.85. The van der Waals surface area contributed by atoms with E-state index in [9.17, 15) is 9.90 Å². The van der Waals surface area contributed by atoms with Crippen molar-refractivity contribution >= 4 is 5.97 Å². The predicted octanol–water partition coefficient (Wildman–Crippen LogP) is 3.66. The zero-order chi connectivity index (χ0) is 16.3. The second-order valence-electron chi connectivity index (χ2n) is 6.10. The van der Waals surface area contributed by atoms with Crippen LogP contribution in [0.1, 0.15) is 55.4 Å². The summed E-state index contributed by atoms with van der Waals surface area (Å²) in [4.78, 5) is 15.7. The highest BCUT2D eigenvalue weighted by Crippen LogP contribution is 2.26. The van der Waals surface area contributed by atoms with Gasteiger partial charge in [-0.15, -0.1) is 0 Å².